The first-order valence-electron chi connectivity index (χ1n) is 16.5. The molecule has 0 radical (unpaired) electrons. The summed E-state index contributed by atoms with van der Waals surface area (Å²) in [6.45, 7) is 21.5. The van der Waals surface area contributed by atoms with Crippen LogP contribution in [0.2, 0.25) is 0 Å². The van der Waals surface area contributed by atoms with E-state index in [1.54, 1.807) is 0 Å². The van der Waals surface area contributed by atoms with Crippen molar-refractivity contribution in [1.29, 1.82) is 0 Å². The van der Waals surface area contributed by atoms with Crippen LogP contribution in [0.25, 0.3) is 38.9 Å². The Morgan fingerprint density at radius 3 is 2.25 bits per heavy atom. The van der Waals surface area contributed by atoms with Gasteiger partial charge in [0.25, 0.3) is 0 Å². The molecule has 0 amide bonds. The Morgan fingerprint density at radius 2 is 1.50 bits per heavy atom. The van der Waals surface area contributed by atoms with Crippen molar-refractivity contribution in [2.24, 2.45) is 16.7 Å². The third-order valence-corrected chi connectivity index (χ3v) is 10.5. The van der Waals surface area contributed by atoms with Crippen LogP contribution in [0, 0.1) is 16.7 Å². The molecule has 1 aromatic heterocycles. The third kappa shape index (κ3) is 4.53. The van der Waals surface area contributed by atoms with Gasteiger partial charge in [0.2, 0.25) is 11.4 Å². The standard InChI is InChI=1S/C41H48NO2/c1-25-22-34(39(2,3)4)43-24-33(44-38(25)40(5,6)7)32-23-27-18-20-30-29-19-17-26-14-10-11-15-28(26)36(29)41(8,9)37(30)35(27)31-16-12-13-21-42(31)32/h10-21,25,34,38H,22-24H2,1-9H3/q+1/b33-32+/t25-,34?,38?/m1/s1. The quantitative estimate of drug-likeness (QED) is 0.191. The second-order valence-electron chi connectivity index (χ2n) is 16.1. The van der Waals surface area contributed by atoms with Gasteiger partial charge in [-0.05, 0) is 67.8 Å². The predicted molar refractivity (Wildman–Crippen MR) is 181 cm³/mol. The van der Waals surface area contributed by atoms with E-state index in [4.69, 9.17) is 9.47 Å². The summed E-state index contributed by atoms with van der Waals surface area (Å²) in [6, 6.07) is 24.8. The molecule has 4 aromatic rings. The van der Waals surface area contributed by atoms with Crippen LogP contribution in [0.15, 0.2) is 78.7 Å². The maximum Gasteiger partial charge on any atom is 0.232 e. The molecule has 44 heavy (non-hydrogen) atoms. The summed E-state index contributed by atoms with van der Waals surface area (Å²) in [5.74, 6) is 1.34. The predicted octanol–water partition coefficient (Wildman–Crippen LogP) is 9.73. The Kier molecular flexibility index (Phi) is 6.68. The molecular weight excluding hydrogens is 538 g/mol. The molecule has 3 heteroatoms. The van der Waals surface area contributed by atoms with Crippen molar-refractivity contribution in [1.82, 2.24) is 0 Å². The summed E-state index contributed by atoms with van der Waals surface area (Å²) < 4.78 is 16.2. The van der Waals surface area contributed by atoms with Crippen LogP contribution in [0.4, 0.5) is 0 Å². The van der Waals surface area contributed by atoms with Crippen LogP contribution in [-0.2, 0) is 21.3 Å². The van der Waals surface area contributed by atoms with Crippen LogP contribution in [-0.4, -0.2) is 18.8 Å². The maximum absolute atomic E-state index is 7.11. The van der Waals surface area contributed by atoms with Crippen LogP contribution in [0.3, 0.4) is 0 Å². The largest absolute Gasteiger partial charge is 0.485 e. The minimum Gasteiger partial charge on any atom is -0.485 e. The van der Waals surface area contributed by atoms with Crippen LogP contribution >= 0.6 is 0 Å². The average molecular weight is 587 g/mol. The second-order valence-corrected chi connectivity index (χ2v) is 16.1. The fraction of sp³-hybridized carbons (Fsp3) is 0.439. The maximum atomic E-state index is 7.11. The molecule has 1 fully saturated rings. The van der Waals surface area contributed by atoms with Gasteiger partial charge in [-0.1, -0.05) is 111 Å². The Bertz CT molecular complexity index is 1810. The molecule has 1 saturated heterocycles. The summed E-state index contributed by atoms with van der Waals surface area (Å²) in [7, 11) is 0. The number of nitrogens with zero attached hydrogens (tertiary/aromatic N) is 1. The number of benzene rings is 3. The number of fused-ring (bicyclic) bond motifs is 9. The SMILES string of the molecule is C[C@@H]1CC(C(C)(C)C)OC/C(=C2/Cc3ccc4c(c3-c3cccc[n+]32)C(C)(C)c2c-4ccc3ccccc23)OC1C(C)(C)C. The molecule has 3 heterocycles. The van der Waals surface area contributed by atoms with Gasteiger partial charge in [0.05, 0.1) is 18.1 Å². The first kappa shape index (κ1) is 29.3. The topological polar surface area (TPSA) is 22.3 Å². The fourth-order valence-electron chi connectivity index (χ4n) is 8.43. The molecule has 0 saturated carbocycles. The number of pyridine rings is 1. The number of aromatic nitrogens is 1. The van der Waals surface area contributed by atoms with Crippen molar-refractivity contribution >= 4 is 16.5 Å². The second kappa shape index (κ2) is 10.0. The summed E-state index contributed by atoms with van der Waals surface area (Å²) in [5, 5.41) is 2.66. The van der Waals surface area contributed by atoms with Crippen molar-refractivity contribution in [3.8, 4) is 22.4 Å². The Balaban J connectivity index is 1.41. The van der Waals surface area contributed by atoms with Crippen LogP contribution in [0.1, 0.15) is 85.4 Å². The molecule has 3 atom stereocenters. The summed E-state index contributed by atoms with van der Waals surface area (Å²) in [6.07, 6.45) is 4.28. The van der Waals surface area contributed by atoms with Crippen LogP contribution < -0.4 is 4.57 Å². The minimum absolute atomic E-state index is 0.00115. The van der Waals surface area contributed by atoms with E-state index < -0.39 is 0 Å². The highest BCUT2D eigenvalue weighted by Gasteiger charge is 2.45. The van der Waals surface area contributed by atoms with Gasteiger partial charge in [-0.25, -0.2) is 0 Å². The first-order valence-corrected chi connectivity index (χ1v) is 16.5. The monoisotopic (exact) mass is 586 g/mol. The molecule has 228 valence electrons. The third-order valence-electron chi connectivity index (χ3n) is 10.5. The summed E-state index contributed by atoms with van der Waals surface area (Å²) in [5.41, 5.74) is 10.7. The van der Waals surface area contributed by atoms with Gasteiger partial charge < -0.3 is 9.47 Å². The molecule has 0 N–H and O–H groups in total. The van der Waals surface area contributed by atoms with E-state index in [2.05, 4.69) is 140 Å². The molecule has 1 aliphatic carbocycles. The van der Waals surface area contributed by atoms with Crippen molar-refractivity contribution < 1.29 is 14.0 Å². The van der Waals surface area contributed by atoms with Gasteiger partial charge in [-0.3, -0.25) is 0 Å². The molecule has 3 aromatic carbocycles. The van der Waals surface area contributed by atoms with Gasteiger partial charge in [0, 0.05) is 17.5 Å². The van der Waals surface area contributed by atoms with E-state index in [0.29, 0.717) is 12.5 Å². The number of hydrogen-bond donors (Lipinski definition) is 0. The smallest absolute Gasteiger partial charge is 0.232 e. The van der Waals surface area contributed by atoms with E-state index >= 15 is 0 Å². The van der Waals surface area contributed by atoms with Crippen molar-refractivity contribution in [2.75, 3.05) is 6.61 Å². The van der Waals surface area contributed by atoms with E-state index in [0.717, 1.165) is 18.6 Å². The van der Waals surface area contributed by atoms with Crippen molar-refractivity contribution in [2.45, 2.75) is 92.8 Å². The van der Waals surface area contributed by atoms with E-state index in [1.165, 1.54) is 55.5 Å². The highest BCUT2D eigenvalue weighted by molar-refractivity contribution is 5.99. The van der Waals surface area contributed by atoms with Crippen LogP contribution in [0.5, 0.6) is 0 Å². The zero-order valence-electron chi connectivity index (χ0n) is 28.0. The summed E-state index contributed by atoms with van der Waals surface area (Å²) >= 11 is 0. The number of ether oxygens (including phenoxy) is 2. The van der Waals surface area contributed by atoms with E-state index in [9.17, 15) is 0 Å². The molecule has 2 unspecified atom stereocenters. The fourth-order valence-corrected chi connectivity index (χ4v) is 8.43. The van der Waals surface area contributed by atoms with Gasteiger partial charge >= 0.3 is 0 Å². The zero-order chi connectivity index (χ0) is 31.2. The Hall–Kier alpha value is -3.43. The Labute approximate surface area is 263 Å². The number of hydrogen-bond acceptors (Lipinski definition) is 2. The molecule has 3 aliphatic rings. The van der Waals surface area contributed by atoms with Gasteiger partial charge in [0.15, 0.2) is 12.0 Å². The number of rotatable bonds is 0. The Morgan fingerprint density at radius 1 is 0.795 bits per heavy atom. The molecule has 7 rings (SSSR count). The lowest BCUT2D eigenvalue weighted by molar-refractivity contribution is -0.574. The zero-order valence-corrected chi connectivity index (χ0v) is 28.0. The van der Waals surface area contributed by atoms with Crippen molar-refractivity contribution in [3.63, 3.8) is 0 Å². The summed E-state index contributed by atoms with van der Waals surface area (Å²) in [4.78, 5) is 0. The highest BCUT2D eigenvalue weighted by atomic mass is 16.5. The molecule has 0 spiro atoms. The van der Waals surface area contributed by atoms with E-state index in [1.807, 2.05) is 0 Å². The van der Waals surface area contributed by atoms with Gasteiger partial charge in [-0.2, -0.15) is 4.57 Å². The minimum atomic E-state index is -0.137. The molecule has 0 bridgehead atoms. The van der Waals surface area contributed by atoms with E-state index in [-0.39, 0.29) is 28.5 Å². The highest BCUT2D eigenvalue weighted by Crippen LogP contribution is 2.55. The normalized spacial score (nSPS) is 24.4. The van der Waals surface area contributed by atoms with Gasteiger partial charge in [-0.15, -0.1) is 0 Å². The first-order chi connectivity index (χ1) is 20.8. The lowest BCUT2D eigenvalue weighted by Crippen LogP contribution is -2.46. The lowest BCUT2D eigenvalue weighted by atomic mass is 9.75. The average Bonchev–Trinajstić information content (AvgIpc) is 3.20. The molecular formula is C41H48NO2+. The van der Waals surface area contributed by atoms with Crippen molar-refractivity contribution in [3.05, 3.63) is 95.4 Å². The van der Waals surface area contributed by atoms with Gasteiger partial charge in [0.1, 0.15) is 12.7 Å². The molecule has 2 aliphatic heterocycles. The lowest BCUT2D eigenvalue weighted by Gasteiger charge is -2.42. The molecule has 3 nitrogen and oxygen atoms in total. The number of allylic oxidation sites excluding steroid dienone is 1.